The van der Waals surface area contributed by atoms with Gasteiger partial charge in [-0.05, 0) is 49.4 Å². The molecule has 0 bridgehead atoms. The van der Waals surface area contributed by atoms with E-state index in [4.69, 9.17) is 14.2 Å². The number of hydrogen-bond acceptors (Lipinski definition) is 9. The summed E-state index contributed by atoms with van der Waals surface area (Å²) < 4.78 is 84.7. The number of aliphatic hydroxyl groups excluding tert-OH is 1. The van der Waals surface area contributed by atoms with E-state index in [1.165, 1.54) is 25.1 Å². The topological polar surface area (TPSA) is 163 Å². The molecule has 2 fully saturated rings. The molecule has 5 rings (SSSR count). The molecule has 0 saturated carbocycles. The van der Waals surface area contributed by atoms with Gasteiger partial charge < -0.3 is 34.7 Å². The van der Waals surface area contributed by atoms with Crippen LogP contribution in [0.1, 0.15) is 38.3 Å². The zero-order valence-electron chi connectivity index (χ0n) is 27.3. The number of nitrogens with zero attached hydrogens (tertiary/aromatic N) is 2. The van der Waals surface area contributed by atoms with Crippen molar-refractivity contribution in [3.63, 3.8) is 0 Å². The average molecular weight is 711 g/mol. The molecule has 12 nitrogen and oxygen atoms in total. The number of nitrogens with one attached hydrogen (secondary N) is 2. The number of carbonyl (C=O) groups excluding carboxylic acids is 1. The number of fused-ring (bicyclic) bond motifs is 2. The second kappa shape index (κ2) is 15.0. The number of amides is 1. The van der Waals surface area contributed by atoms with Gasteiger partial charge in [-0.3, -0.25) is 4.99 Å². The largest absolute Gasteiger partial charge is 0.494 e. The smallest absolute Gasteiger partial charge is 0.407 e. The minimum absolute atomic E-state index is 0.000270. The van der Waals surface area contributed by atoms with Crippen LogP contribution in [0.4, 0.5) is 18.0 Å². The molecule has 1 aromatic heterocycles. The molecule has 268 valence electrons. The van der Waals surface area contributed by atoms with Crippen molar-refractivity contribution in [2.24, 2.45) is 16.8 Å². The number of aliphatic hydroxyl groups is 1. The molecule has 0 radical (unpaired) electrons. The Morgan fingerprint density at radius 1 is 1.16 bits per heavy atom. The van der Waals surface area contributed by atoms with E-state index in [1.807, 2.05) is 44.2 Å². The van der Waals surface area contributed by atoms with Crippen molar-refractivity contribution in [3.8, 4) is 5.88 Å². The molecule has 3 heterocycles. The maximum Gasteiger partial charge on any atom is 0.407 e. The summed E-state index contributed by atoms with van der Waals surface area (Å²) >= 11 is 0. The van der Waals surface area contributed by atoms with E-state index in [-0.39, 0.29) is 58.5 Å². The van der Waals surface area contributed by atoms with Crippen LogP contribution in [0.3, 0.4) is 0 Å². The molecular formula is C33H41F3N4O8S. The molecule has 2 aliphatic heterocycles. The standard InChI is InChI=1S/C33H41F3N4O8S/c1-19(2)15-40(49(44,45)22-9-10-25-24(14-22)29(30(42)38-25)20(3)37-18-33(34,35)36)16-27(41)26(13-21-7-5-4-6-8-21)39-32(43)48-28-17-47-31-23(28)11-12-46-31/h4-10,14,19,23,26-28,31,38,41-42H,11-13,15-18H2,1-3H3,(H,39,43). The quantitative estimate of drug-likeness (QED) is 0.190. The van der Waals surface area contributed by atoms with Crippen molar-refractivity contribution < 1.29 is 50.8 Å². The molecule has 16 heteroatoms. The first-order chi connectivity index (χ1) is 23.1. The highest BCUT2D eigenvalue weighted by Crippen LogP contribution is 2.34. The number of alkyl carbamates (subject to hydrolysis) is 1. The van der Waals surface area contributed by atoms with Gasteiger partial charge in [0.15, 0.2) is 12.2 Å². The zero-order valence-corrected chi connectivity index (χ0v) is 28.1. The van der Waals surface area contributed by atoms with Gasteiger partial charge in [0.1, 0.15) is 12.6 Å². The molecule has 5 unspecified atom stereocenters. The fourth-order valence-electron chi connectivity index (χ4n) is 6.16. The Hall–Kier alpha value is -3.70. The third kappa shape index (κ3) is 8.91. The molecule has 0 aliphatic carbocycles. The predicted octanol–water partition coefficient (Wildman–Crippen LogP) is 4.35. The summed E-state index contributed by atoms with van der Waals surface area (Å²) in [6.07, 6.45) is -6.87. The number of H-pyrrole nitrogens is 1. The first-order valence-corrected chi connectivity index (χ1v) is 17.4. The molecule has 3 aromatic rings. The van der Waals surface area contributed by atoms with Crippen LogP contribution >= 0.6 is 0 Å². The van der Waals surface area contributed by atoms with Crippen molar-refractivity contribution in [3.05, 3.63) is 59.7 Å². The minimum Gasteiger partial charge on any atom is -0.494 e. The van der Waals surface area contributed by atoms with Gasteiger partial charge in [-0.2, -0.15) is 17.5 Å². The Bertz CT molecular complexity index is 1750. The number of aliphatic imine (C=N–C) groups is 1. The van der Waals surface area contributed by atoms with Gasteiger partial charge >= 0.3 is 12.3 Å². The van der Waals surface area contributed by atoms with Crippen molar-refractivity contribution in [2.75, 3.05) is 32.8 Å². The fourth-order valence-corrected chi connectivity index (χ4v) is 7.80. The normalized spacial score (nSPS) is 21.3. The number of alkyl halides is 3. The van der Waals surface area contributed by atoms with Crippen molar-refractivity contribution in [1.82, 2.24) is 14.6 Å². The summed E-state index contributed by atoms with van der Waals surface area (Å²) in [7, 11) is -4.33. The highest BCUT2D eigenvalue weighted by molar-refractivity contribution is 7.89. The Labute approximate surface area is 282 Å². The van der Waals surface area contributed by atoms with Gasteiger partial charge in [0.05, 0.1) is 41.7 Å². The van der Waals surface area contributed by atoms with Gasteiger partial charge in [-0.15, -0.1) is 0 Å². The monoisotopic (exact) mass is 710 g/mol. The number of aromatic amines is 1. The molecule has 2 aliphatic rings. The van der Waals surface area contributed by atoms with Gasteiger partial charge in [0, 0.05) is 29.7 Å². The van der Waals surface area contributed by atoms with E-state index in [9.17, 15) is 36.6 Å². The number of sulfonamides is 1. The van der Waals surface area contributed by atoms with Gasteiger partial charge in [-0.25, -0.2) is 13.2 Å². The van der Waals surface area contributed by atoms with Crippen LogP contribution in [-0.4, -0.2) is 103 Å². The average Bonchev–Trinajstić information content (AvgIpc) is 3.74. The van der Waals surface area contributed by atoms with E-state index < -0.39 is 65.8 Å². The number of ether oxygens (including phenoxy) is 3. The number of carbonyl (C=O) groups is 1. The highest BCUT2D eigenvalue weighted by atomic mass is 32.2. The lowest BCUT2D eigenvalue weighted by Gasteiger charge is -2.31. The maximum atomic E-state index is 14.2. The third-order valence-electron chi connectivity index (χ3n) is 8.51. The van der Waals surface area contributed by atoms with E-state index in [1.54, 1.807) is 0 Å². The lowest BCUT2D eigenvalue weighted by Crippen LogP contribution is -2.51. The van der Waals surface area contributed by atoms with Crippen LogP contribution in [0.5, 0.6) is 5.88 Å². The summed E-state index contributed by atoms with van der Waals surface area (Å²) in [5.74, 6) is -0.734. The van der Waals surface area contributed by atoms with Gasteiger partial charge in [0.2, 0.25) is 10.0 Å². The Kier molecular flexibility index (Phi) is 11.2. The summed E-state index contributed by atoms with van der Waals surface area (Å²) in [5.41, 5.74) is 0.885. The predicted molar refractivity (Wildman–Crippen MR) is 174 cm³/mol. The van der Waals surface area contributed by atoms with Crippen molar-refractivity contribution in [1.29, 1.82) is 0 Å². The van der Waals surface area contributed by atoms with E-state index in [2.05, 4.69) is 15.3 Å². The van der Waals surface area contributed by atoms with Crippen molar-refractivity contribution >= 4 is 32.7 Å². The minimum atomic E-state index is -4.57. The lowest BCUT2D eigenvalue weighted by molar-refractivity contribution is -0.118. The van der Waals surface area contributed by atoms with E-state index in [0.717, 1.165) is 9.87 Å². The molecule has 2 aromatic carbocycles. The molecule has 2 saturated heterocycles. The third-order valence-corrected chi connectivity index (χ3v) is 10.3. The number of halogens is 3. The summed E-state index contributed by atoms with van der Waals surface area (Å²) in [4.78, 5) is 19.1. The Morgan fingerprint density at radius 3 is 2.59 bits per heavy atom. The van der Waals surface area contributed by atoms with E-state index in [0.29, 0.717) is 13.0 Å². The Balaban J connectivity index is 1.40. The highest BCUT2D eigenvalue weighted by Gasteiger charge is 2.44. The second-order valence-electron chi connectivity index (χ2n) is 12.8. The number of hydrogen-bond donors (Lipinski definition) is 4. The van der Waals surface area contributed by atoms with Crippen LogP contribution in [-0.2, 0) is 30.7 Å². The number of aromatic hydroxyl groups is 1. The van der Waals surface area contributed by atoms with Gasteiger partial charge in [0.25, 0.3) is 0 Å². The second-order valence-corrected chi connectivity index (χ2v) is 14.7. The summed E-state index contributed by atoms with van der Waals surface area (Å²) in [6, 6.07) is 12.1. The lowest BCUT2D eigenvalue weighted by atomic mass is 10.0. The number of rotatable bonds is 13. The van der Waals surface area contributed by atoms with Crippen LogP contribution in [0.25, 0.3) is 10.9 Å². The SMILES string of the molecule is CC(=NCC(F)(F)F)c1c(O)[nH]c2ccc(S(=O)(=O)N(CC(C)C)CC(O)C(Cc3ccccc3)NC(=O)OC3COC4OCCC34)cc12. The van der Waals surface area contributed by atoms with Crippen LogP contribution in [0.15, 0.2) is 58.4 Å². The molecule has 1 amide bonds. The molecule has 4 N–H and O–H groups in total. The Morgan fingerprint density at radius 2 is 1.90 bits per heavy atom. The van der Waals surface area contributed by atoms with Crippen molar-refractivity contribution in [2.45, 2.75) is 69.2 Å². The van der Waals surface area contributed by atoms with E-state index >= 15 is 0 Å². The number of aromatic nitrogens is 1. The fraction of sp³-hybridized carbons (Fsp3) is 0.515. The van der Waals surface area contributed by atoms with Crippen LogP contribution in [0.2, 0.25) is 0 Å². The van der Waals surface area contributed by atoms with Gasteiger partial charge in [-0.1, -0.05) is 44.2 Å². The molecule has 49 heavy (non-hydrogen) atoms. The first-order valence-electron chi connectivity index (χ1n) is 16.0. The number of benzene rings is 2. The molecule has 5 atom stereocenters. The first kappa shape index (κ1) is 36.6. The maximum absolute atomic E-state index is 14.2. The van der Waals surface area contributed by atoms with Crippen LogP contribution in [0, 0.1) is 11.8 Å². The summed E-state index contributed by atoms with van der Waals surface area (Å²) in [5, 5.41) is 25.0. The molecule has 0 spiro atoms. The van der Waals surface area contributed by atoms with Crippen LogP contribution < -0.4 is 5.32 Å². The molecular weight excluding hydrogens is 669 g/mol. The summed E-state index contributed by atoms with van der Waals surface area (Å²) in [6.45, 7) is 3.70. The zero-order chi connectivity index (χ0) is 35.5.